The van der Waals surface area contributed by atoms with Gasteiger partial charge in [-0.05, 0) is 0 Å². The fourth-order valence-corrected chi connectivity index (χ4v) is 1.73. The molecular weight excluding hydrogens is 281 g/mol. The normalized spacial score (nSPS) is 10.3. The van der Waals surface area contributed by atoms with E-state index in [9.17, 15) is 9.59 Å². The molecule has 0 aliphatic carbocycles. The number of nitrogens with zero attached hydrogens (tertiary/aromatic N) is 3. The van der Waals surface area contributed by atoms with E-state index in [1.165, 1.54) is 23.0 Å². The molecule has 0 bridgehead atoms. The molecule has 0 fully saturated rings. The first-order valence-electron chi connectivity index (χ1n) is 4.64. The second-order valence-corrected chi connectivity index (χ2v) is 4.02. The Morgan fingerprint density at radius 3 is 2.44 bits per heavy atom. The van der Waals surface area contributed by atoms with Crippen LogP contribution in [0.2, 0.25) is 10.3 Å². The first-order chi connectivity index (χ1) is 8.47. The minimum atomic E-state index is -1.40. The minimum absolute atomic E-state index is 0.134. The smallest absolute Gasteiger partial charge is 0.360 e. The molecule has 18 heavy (non-hydrogen) atoms. The zero-order valence-corrected chi connectivity index (χ0v) is 10.2. The van der Waals surface area contributed by atoms with Crippen LogP contribution in [0.3, 0.4) is 0 Å². The molecule has 0 unspecified atom stereocenters. The van der Waals surface area contributed by atoms with Crippen LogP contribution in [-0.4, -0.2) is 25.8 Å². The van der Waals surface area contributed by atoms with Crippen LogP contribution < -0.4 is 5.43 Å². The predicted octanol–water partition coefficient (Wildman–Crippen LogP) is 1.63. The van der Waals surface area contributed by atoms with Crippen molar-refractivity contribution in [3.8, 4) is 5.69 Å². The highest BCUT2D eigenvalue weighted by molar-refractivity contribution is 6.32. The van der Waals surface area contributed by atoms with Gasteiger partial charge in [0.25, 0.3) is 0 Å². The van der Waals surface area contributed by atoms with Crippen molar-refractivity contribution >= 4 is 29.2 Å². The van der Waals surface area contributed by atoms with Gasteiger partial charge in [0, 0.05) is 24.4 Å². The van der Waals surface area contributed by atoms with Crippen molar-refractivity contribution in [2.45, 2.75) is 0 Å². The molecule has 0 spiro atoms. The molecule has 0 aliphatic heterocycles. The second-order valence-electron chi connectivity index (χ2n) is 3.25. The van der Waals surface area contributed by atoms with E-state index in [0.29, 0.717) is 5.69 Å². The van der Waals surface area contributed by atoms with Crippen molar-refractivity contribution in [2.24, 2.45) is 0 Å². The Bertz CT molecular complexity index is 664. The molecule has 0 aromatic carbocycles. The van der Waals surface area contributed by atoms with Crippen molar-refractivity contribution in [3.05, 3.63) is 50.6 Å². The van der Waals surface area contributed by atoms with Gasteiger partial charge in [0.05, 0.1) is 5.69 Å². The van der Waals surface area contributed by atoms with E-state index in [1.807, 2.05) is 0 Å². The number of rotatable bonds is 2. The third-order valence-electron chi connectivity index (χ3n) is 2.02. The van der Waals surface area contributed by atoms with Crippen LogP contribution in [0.1, 0.15) is 10.5 Å². The predicted molar refractivity (Wildman–Crippen MR) is 64.6 cm³/mol. The van der Waals surface area contributed by atoms with Crippen molar-refractivity contribution in [1.82, 2.24) is 14.8 Å². The number of hydrogen-bond donors (Lipinski definition) is 1. The van der Waals surface area contributed by atoms with Crippen LogP contribution in [0.5, 0.6) is 0 Å². The molecule has 0 atom stereocenters. The van der Waals surface area contributed by atoms with E-state index in [4.69, 9.17) is 28.3 Å². The minimum Gasteiger partial charge on any atom is -0.476 e. The molecule has 0 saturated carbocycles. The van der Waals surface area contributed by atoms with E-state index in [1.54, 1.807) is 0 Å². The Morgan fingerprint density at radius 1 is 1.28 bits per heavy atom. The molecule has 2 aromatic rings. The lowest BCUT2D eigenvalue weighted by Gasteiger charge is -2.06. The number of pyridine rings is 1. The fraction of sp³-hybridized carbons (Fsp3) is 0. The summed E-state index contributed by atoms with van der Waals surface area (Å²) >= 11 is 11.4. The maximum absolute atomic E-state index is 11.3. The largest absolute Gasteiger partial charge is 0.476 e. The van der Waals surface area contributed by atoms with Gasteiger partial charge in [0.15, 0.2) is 0 Å². The lowest BCUT2D eigenvalue weighted by atomic mass is 10.3. The van der Waals surface area contributed by atoms with Crippen LogP contribution >= 0.6 is 23.2 Å². The van der Waals surface area contributed by atoms with Crippen molar-refractivity contribution in [1.29, 1.82) is 0 Å². The number of carbonyl (C=O) groups is 1. The first-order valence-corrected chi connectivity index (χ1v) is 5.40. The highest BCUT2D eigenvalue weighted by atomic mass is 35.5. The molecule has 1 N–H and O–H groups in total. The van der Waals surface area contributed by atoms with Crippen LogP contribution in [0, 0.1) is 0 Å². The Hall–Kier alpha value is -1.92. The van der Waals surface area contributed by atoms with Gasteiger partial charge in [0.2, 0.25) is 11.1 Å². The van der Waals surface area contributed by atoms with E-state index < -0.39 is 17.1 Å². The zero-order chi connectivity index (χ0) is 13.3. The third kappa shape index (κ3) is 2.49. The van der Waals surface area contributed by atoms with Gasteiger partial charge in [-0.15, -0.1) is 0 Å². The molecular formula is C10H5Cl2N3O3. The molecule has 0 saturated heterocycles. The first kappa shape index (κ1) is 12.5. The highest BCUT2D eigenvalue weighted by Crippen LogP contribution is 2.16. The summed E-state index contributed by atoms with van der Waals surface area (Å²) in [6.45, 7) is 0. The van der Waals surface area contributed by atoms with Gasteiger partial charge in [-0.25, -0.2) is 14.5 Å². The summed E-state index contributed by atoms with van der Waals surface area (Å²) in [6, 6.07) is 3.98. The molecule has 2 aromatic heterocycles. The quantitative estimate of drug-likeness (QED) is 0.848. The molecule has 0 amide bonds. The SMILES string of the molecule is O=C(O)c1nn(-c2cc(Cl)nc(Cl)c2)ccc1=O. The maximum Gasteiger partial charge on any atom is 0.360 e. The molecule has 2 rings (SSSR count). The summed E-state index contributed by atoms with van der Waals surface area (Å²) in [7, 11) is 0. The lowest BCUT2D eigenvalue weighted by molar-refractivity contribution is 0.0687. The van der Waals surface area contributed by atoms with Gasteiger partial charge < -0.3 is 5.11 Å². The number of aromatic carboxylic acids is 1. The second kappa shape index (κ2) is 4.75. The lowest BCUT2D eigenvalue weighted by Crippen LogP contribution is -2.20. The average molecular weight is 286 g/mol. The number of aromatic nitrogens is 3. The van der Waals surface area contributed by atoms with Crippen LogP contribution in [0.15, 0.2) is 29.2 Å². The average Bonchev–Trinajstić information content (AvgIpc) is 2.27. The van der Waals surface area contributed by atoms with Crippen molar-refractivity contribution in [2.75, 3.05) is 0 Å². The number of carboxylic acid groups (broad SMARTS) is 1. The van der Waals surface area contributed by atoms with Gasteiger partial charge in [-0.2, -0.15) is 5.10 Å². The highest BCUT2D eigenvalue weighted by Gasteiger charge is 2.11. The Labute approximate surface area is 110 Å². The summed E-state index contributed by atoms with van der Waals surface area (Å²) in [4.78, 5) is 25.8. The third-order valence-corrected chi connectivity index (χ3v) is 2.41. The monoisotopic (exact) mass is 285 g/mol. The zero-order valence-electron chi connectivity index (χ0n) is 8.67. The van der Waals surface area contributed by atoms with Gasteiger partial charge in [0.1, 0.15) is 10.3 Å². The van der Waals surface area contributed by atoms with Crippen LogP contribution in [-0.2, 0) is 0 Å². The molecule has 2 heterocycles. The van der Waals surface area contributed by atoms with Crippen molar-refractivity contribution in [3.63, 3.8) is 0 Å². The number of hydrogen-bond acceptors (Lipinski definition) is 4. The standard InChI is InChI=1S/C10H5Cl2N3O3/c11-7-3-5(4-8(12)13-7)15-2-1-6(16)9(14-15)10(17)18/h1-4H,(H,17,18). The summed E-state index contributed by atoms with van der Waals surface area (Å²) in [6.07, 6.45) is 1.32. The topological polar surface area (TPSA) is 85.1 Å². The molecule has 6 nitrogen and oxygen atoms in total. The summed E-state index contributed by atoms with van der Waals surface area (Å²) in [5.74, 6) is -1.40. The van der Waals surface area contributed by atoms with Crippen molar-refractivity contribution < 1.29 is 9.90 Å². The summed E-state index contributed by atoms with van der Waals surface area (Å²) in [5.41, 5.74) is -0.853. The Kier molecular flexibility index (Phi) is 3.31. The molecule has 0 aliphatic rings. The molecule has 92 valence electrons. The molecule has 8 heteroatoms. The van der Waals surface area contributed by atoms with E-state index >= 15 is 0 Å². The maximum atomic E-state index is 11.3. The Morgan fingerprint density at radius 2 is 1.89 bits per heavy atom. The van der Waals surface area contributed by atoms with Gasteiger partial charge >= 0.3 is 5.97 Å². The van der Waals surface area contributed by atoms with Crippen LogP contribution in [0.25, 0.3) is 5.69 Å². The molecule has 0 radical (unpaired) electrons. The fourth-order valence-electron chi connectivity index (χ4n) is 1.28. The summed E-state index contributed by atoms with van der Waals surface area (Å²) in [5, 5.41) is 12.8. The van der Waals surface area contributed by atoms with E-state index in [2.05, 4.69) is 10.1 Å². The van der Waals surface area contributed by atoms with E-state index in [0.717, 1.165) is 6.07 Å². The summed E-state index contributed by atoms with van der Waals surface area (Å²) < 4.78 is 1.18. The van der Waals surface area contributed by atoms with Gasteiger partial charge in [-0.1, -0.05) is 23.2 Å². The van der Waals surface area contributed by atoms with E-state index in [-0.39, 0.29) is 10.3 Å². The Balaban J connectivity index is 2.61. The van der Waals surface area contributed by atoms with Gasteiger partial charge in [-0.3, -0.25) is 4.79 Å². The number of halogens is 2. The number of carboxylic acids is 1. The van der Waals surface area contributed by atoms with Crippen LogP contribution in [0.4, 0.5) is 0 Å².